The predicted octanol–water partition coefficient (Wildman–Crippen LogP) is 3.76. The molecule has 0 aliphatic carbocycles. The summed E-state index contributed by atoms with van der Waals surface area (Å²) in [5, 5.41) is 5.33. The Labute approximate surface area is 156 Å². The minimum absolute atomic E-state index is 0.169. The molecule has 6 nitrogen and oxygen atoms in total. The third-order valence-corrected chi connectivity index (χ3v) is 5.03. The minimum atomic E-state index is -0.926. The molecule has 1 aromatic heterocycles. The maximum absolute atomic E-state index is 12.2. The second-order valence-corrected chi connectivity index (χ2v) is 7.00. The van der Waals surface area contributed by atoms with E-state index in [1.165, 1.54) is 25.2 Å². The minimum Gasteiger partial charge on any atom is -0.448 e. The van der Waals surface area contributed by atoms with E-state index in [0.717, 1.165) is 16.9 Å². The molecular formula is C19H22N2O4S. The zero-order valence-corrected chi connectivity index (χ0v) is 16.0. The van der Waals surface area contributed by atoms with Gasteiger partial charge in [0.2, 0.25) is 5.91 Å². The summed E-state index contributed by atoms with van der Waals surface area (Å²) in [5.41, 5.74) is 2.24. The van der Waals surface area contributed by atoms with Gasteiger partial charge < -0.3 is 15.4 Å². The molecule has 0 saturated heterocycles. The first-order chi connectivity index (χ1) is 12.3. The molecular weight excluding hydrogens is 352 g/mol. The van der Waals surface area contributed by atoms with E-state index in [2.05, 4.69) is 10.6 Å². The van der Waals surface area contributed by atoms with Gasteiger partial charge in [-0.2, -0.15) is 0 Å². The Balaban J connectivity index is 1.94. The van der Waals surface area contributed by atoms with Crippen LogP contribution in [0.1, 0.15) is 40.9 Å². The maximum atomic E-state index is 12.2. The molecule has 1 heterocycles. The van der Waals surface area contributed by atoms with E-state index in [0.29, 0.717) is 16.3 Å². The molecule has 0 radical (unpaired) electrons. The van der Waals surface area contributed by atoms with Gasteiger partial charge in [-0.1, -0.05) is 6.92 Å². The number of ether oxygens (including phenoxy) is 1. The lowest BCUT2D eigenvalue weighted by Gasteiger charge is -2.13. The summed E-state index contributed by atoms with van der Waals surface area (Å²) in [6, 6.07) is 8.46. The lowest BCUT2D eigenvalue weighted by atomic mass is 10.2. The fraction of sp³-hybridized carbons (Fsp3) is 0.316. The Morgan fingerprint density at radius 3 is 2.19 bits per heavy atom. The van der Waals surface area contributed by atoms with Crippen molar-refractivity contribution in [2.45, 2.75) is 40.2 Å². The van der Waals surface area contributed by atoms with Gasteiger partial charge in [0, 0.05) is 23.2 Å². The van der Waals surface area contributed by atoms with Crippen LogP contribution in [0, 0.1) is 6.92 Å². The van der Waals surface area contributed by atoms with Gasteiger partial charge in [0.05, 0.1) is 0 Å². The molecule has 1 atom stereocenters. The second-order valence-electron chi connectivity index (χ2n) is 5.87. The van der Waals surface area contributed by atoms with Crippen molar-refractivity contribution in [1.82, 2.24) is 0 Å². The van der Waals surface area contributed by atoms with Crippen molar-refractivity contribution in [3.05, 3.63) is 45.6 Å². The molecule has 2 N–H and O–H groups in total. The highest BCUT2D eigenvalue weighted by atomic mass is 32.1. The highest BCUT2D eigenvalue weighted by Gasteiger charge is 2.21. The van der Waals surface area contributed by atoms with Crippen molar-refractivity contribution >= 4 is 40.5 Å². The summed E-state index contributed by atoms with van der Waals surface area (Å²) in [5.74, 6) is -1.09. The third kappa shape index (κ3) is 5.16. The number of hydrogen-bond donors (Lipinski definition) is 2. The third-order valence-electron chi connectivity index (χ3n) is 3.67. The average Bonchev–Trinajstić information content (AvgIpc) is 2.97. The molecule has 1 aromatic carbocycles. The molecule has 2 rings (SSSR count). The number of nitrogens with one attached hydrogen (secondary N) is 2. The van der Waals surface area contributed by atoms with E-state index in [-0.39, 0.29) is 5.91 Å². The summed E-state index contributed by atoms with van der Waals surface area (Å²) in [6.07, 6.45) is -0.0705. The summed E-state index contributed by atoms with van der Waals surface area (Å²) in [4.78, 5) is 37.1. The number of aryl methyl sites for hydroxylation is 2. The Morgan fingerprint density at radius 2 is 1.69 bits per heavy atom. The van der Waals surface area contributed by atoms with E-state index in [1.54, 1.807) is 30.3 Å². The molecule has 0 aliphatic heterocycles. The fourth-order valence-electron chi connectivity index (χ4n) is 2.33. The standard InChI is InChI=1S/C19H22N2O4S/c1-5-16-11(2)10-17(26-16)19(24)25-12(3)18(23)21-15-8-6-14(7-9-15)20-13(4)22/h6-10,12H,5H2,1-4H3,(H,20,22)(H,21,23)/t12-/m0/s1. The van der Waals surface area contributed by atoms with Gasteiger partial charge in [0.15, 0.2) is 6.10 Å². The van der Waals surface area contributed by atoms with Crippen LogP contribution in [0.4, 0.5) is 11.4 Å². The number of amides is 2. The van der Waals surface area contributed by atoms with Crippen LogP contribution in [-0.4, -0.2) is 23.9 Å². The van der Waals surface area contributed by atoms with Crippen molar-refractivity contribution in [3.63, 3.8) is 0 Å². The second kappa shape index (κ2) is 8.62. The fourth-order valence-corrected chi connectivity index (χ4v) is 3.32. The van der Waals surface area contributed by atoms with Gasteiger partial charge in [-0.15, -0.1) is 11.3 Å². The van der Waals surface area contributed by atoms with Gasteiger partial charge in [-0.25, -0.2) is 4.79 Å². The van der Waals surface area contributed by atoms with Crippen molar-refractivity contribution in [1.29, 1.82) is 0 Å². The van der Waals surface area contributed by atoms with Crippen LogP contribution in [-0.2, 0) is 20.7 Å². The molecule has 0 spiro atoms. The van der Waals surface area contributed by atoms with Crippen LogP contribution in [0.3, 0.4) is 0 Å². The number of carbonyl (C=O) groups is 3. The van der Waals surface area contributed by atoms with Crippen LogP contribution < -0.4 is 10.6 Å². The van der Waals surface area contributed by atoms with Crippen molar-refractivity contribution in [2.24, 2.45) is 0 Å². The largest absolute Gasteiger partial charge is 0.448 e. The highest BCUT2D eigenvalue weighted by Crippen LogP contribution is 2.23. The number of rotatable bonds is 6. The first-order valence-corrected chi connectivity index (χ1v) is 9.10. The number of hydrogen-bond acceptors (Lipinski definition) is 5. The van der Waals surface area contributed by atoms with Crippen molar-refractivity contribution in [3.8, 4) is 0 Å². The monoisotopic (exact) mass is 374 g/mol. The SMILES string of the molecule is CCc1sc(C(=O)O[C@@H](C)C(=O)Nc2ccc(NC(C)=O)cc2)cc1C. The summed E-state index contributed by atoms with van der Waals surface area (Å²) in [6.45, 7) is 6.93. The first-order valence-electron chi connectivity index (χ1n) is 8.29. The van der Waals surface area contributed by atoms with Crippen LogP contribution >= 0.6 is 11.3 Å². The smallest absolute Gasteiger partial charge is 0.349 e. The molecule has 0 bridgehead atoms. The van der Waals surface area contributed by atoms with Gasteiger partial charge >= 0.3 is 5.97 Å². The zero-order valence-electron chi connectivity index (χ0n) is 15.2. The molecule has 0 aliphatic rings. The maximum Gasteiger partial charge on any atom is 0.349 e. The Morgan fingerprint density at radius 1 is 1.12 bits per heavy atom. The van der Waals surface area contributed by atoms with Gasteiger partial charge in [0.1, 0.15) is 4.88 Å². The summed E-state index contributed by atoms with van der Waals surface area (Å²) < 4.78 is 5.26. The molecule has 0 fully saturated rings. The molecule has 0 saturated carbocycles. The number of carbonyl (C=O) groups excluding carboxylic acids is 3. The quantitative estimate of drug-likeness (QED) is 0.754. The van der Waals surface area contributed by atoms with Crippen molar-refractivity contribution < 1.29 is 19.1 Å². The van der Waals surface area contributed by atoms with Crippen LogP contribution in [0.25, 0.3) is 0 Å². The zero-order chi connectivity index (χ0) is 19.3. The number of benzene rings is 1. The molecule has 2 aromatic rings. The predicted molar refractivity (Wildman–Crippen MR) is 103 cm³/mol. The van der Waals surface area contributed by atoms with Crippen molar-refractivity contribution in [2.75, 3.05) is 10.6 Å². The van der Waals surface area contributed by atoms with E-state index in [1.807, 2.05) is 13.8 Å². The van der Waals surface area contributed by atoms with E-state index in [4.69, 9.17) is 4.74 Å². The van der Waals surface area contributed by atoms with Gasteiger partial charge in [-0.3, -0.25) is 9.59 Å². The Kier molecular flexibility index (Phi) is 6.52. The van der Waals surface area contributed by atoms with Crippen LogP contribution in [0.2, 0.25) is 0 Å². The average molecular weight is 374 g/mol. The molecule has 0 unspecified atom stereocenters. The summed E-state index contributed by atoms with van der Waals surface area (Å²) in [7, 11) is 0. The van der Waals surface area contributed by atoms with Crippen LogP contribution in [0.15, 0.2) is 30.3 Å². The van der Waals surface area contributed by atoms with E-state index in [9.17, 15) is 14.4 Å². The number of thiophene rings is 1. The Bertz CT molecular complexity index is 811. The van der Waals surface area contributed by atoms with Crippen LogP contribution in [0.5, 0.6) is 0 Å². The lowest BCUT2D eigenvalue weighted by Crippen LogP contribution is -2.29. The molecule has 2 amide bonds. The molecule has 7 heteroatoms. The number of esters is 1. The molecule has 26 heavy (non-hydrogen) atoms. The molecule has 138 valence electrons. The topological polar surface area (TPSA) is 84.5 Å². The first kappa shape index (κ1) is 19.7. The summed E-state index contributed by atoms with van der Waals surface area (Å²) >= 11 is 1.39. The van der Waals surface area contributed by atoms with E-state index >= 15 is 0 Å². The Hall–Kier alpha value is -2.67. The van der Waals surface area contributed by atoms with Gasteiger partial charge in [0.25, 0.3) is 5.91 Å². The normalized spacial score (nSPS) is 11.5. The lowest BCUT2D eigenvalue weighted by molar-refractivity contribution is -0.123. The number of anilines is 2. The highest BCUT2D eigenvalue weighted by molar-refractivity contribution is 7.14. The van der Waals surface area contributed by atoms with Gasteiger partial charge in [-0.05, 0) is 56.2 Å². The van der Waals surface area contributed by atoms with E-state index < -0.39 is 18.0 Å².